The molecule has 2 aliphatic rings. The van der Waals surface area contributed by atoms with Crippen molar-refractivity contribution >= 4 is 63.5 Å². The third-order valence-electron chi connectivity index (χ3n) is 4.02. The molecule has 0 bridgehead atoms. The van der Waals surface area contributed by atoms with Gasteiger partial charge in [-0.1, -0.05) is 35.6 Å². The van der Waals surface area contributed by atoms with Crippen LogP contribution in [0, 0.1) is 5.82 Å². The van der Waals surface area contributed by atoms with Gasteiger partial charge in [-0.15, -0.1) is 0 Å². The summed E-state index contributed by atoms with van der Waals surface area (Å²) < 4.78 is 20.2. The molecule has 0 aliphatic carbocycles. The van der Waals surface area contributed by atoms with Gasteiger partial charge in [-0.2, -0.15) is 0 Å². The van der Waals surface area contributed by atoms with Crippen LogP contribution in [0.3, 0.4) is 0 Å². The summed E-state index contributed by atoms with van der Waals surface area (Å²) in [4.78, 5) is 30.1. The van der Waals surface area contributed by atoms with E-state index in [0.717, 1.165) is 11.8 Å². The molecule has 2 aromatic rings. The number of aromatic nitrogens is 1. The Morgan fingerprint density at radius 1 is 1.36 bits per heavy atom. The zero-order valence-electron chi connectivity index (χ0n) is 14.1. The smallest absolute Gasteiger partial charge is 0.265 e. The van der Waals surface area contributed by atoms with Gasteiger partial charge in [0.25, 0.3) is 11.8 Å². The number of benzene rings is 1. The Morgan fingerprint density at radius 3 is 2.89 bits per heavy atom. The molecule has 6 nitrogen and oxygen atoms in total. The maximum absolute atomic E-state index is 14.6. The molecule has 3 heterocycles. The number of carbonyl (C=O) groups is 2. The number of anilines is 1. The number of carbonyl (C=O) groups excluding carboxylic acids is 2. The highest BCUT2D eigenvalue weighted by molar-refractivity contribution is 8.26. The minimum absolute atomic E-state index is 0.0178. The Balaban J connectivity index is 1.73. The van der Waals surface area contributed by atoms with E-state index in [0.29, 0.717) is 25.4 Å². The number of ether oxygens (including phenoxy) is 1. The highest BCUT2D eigenvalue weighted by Crippen LogP contribution is 2.38. The average molecular weight is 436 g/mol. The molecule has 28 heavy (non-hydrogen) atoms. The van der Waals surface area contributed by atoms with Gasteiger partial charge in [0, 0.05) is 12.4 Å². The van der Waals surface area contributed by atoms with E-state index in [1.165, 1.54) is 23.2 Å². The molecule has 2 amide bonds. The van der Waals surface area contributed by atoms with Gasteiger partial charge in [0.15, 0.2) is 18.2 Å². The van der Waals surface area contributed by atoms with Crippen LogP contribution in [-0.4, -0.2) is 27.7 Å². The maximum atomic E-state index is 14.6. The summed E-state index contributed by atoms with van der Waals surface area (Å²) in [5.74, 6) is -1.32. The summed E-state index contributed by atoms with van der Waals surface area (Å²) in [5.41, 5.74) is 1.37. The molecular weight excluding hydrogens is 425 g/mol. The summed E-state index contributed by atoms with van der Waals surface area (Å²) in [6.45, 7) is -0.119. The molecule has 2 aliphatic heterocycles. The number of pyridine rings is 1. The van der Waals surface area contributed by atoms with Gasteiger partial charge in [0.2, 0.25) is 0 Å². The fraction of sp³-hybridized carbons (Fsp3) is 0.111. The van der Waals surface area contributed by atoms with E-state index >= 15 is 0 Å². The molecule has 0 spiro atoms. The maximum Gasteiger partial charge on any atom is 0.265 e. The molecule has 1 aromatic carbocycles. The molecule has 10 heteroatoms. The molecule has 1 fully saturated rings. The lowest BCUT2D eigenvalue weighted by Gasteiger charge is -2.30. The highest BCUT2D eigenvalue weighted by Gasteiger charge is 2.29. The minimum atomic E-state index is -0.628. The Bertz CT molecular complexity index is 1060. The zero-order chi connectivity index (χ0) is 19.8. The van der Waals surface area contributed by atoms with Gasteiger partial charge < -0.3 is 15.0 Å². The number of rotatable bonds is 3. The number of hydrogen-bond acceptors (Lipinski definition) is 6. The average Bonchev–Trinajstić information content (AvgIpc) is 2.94. The second kappa shape index (κ2) is 7.50. The Kier molecular flexibility index (Phi) is 5.05. The van der Waals surface area contributed by atoms with Gasteiger partial charge in [0.1, 0.15) is 4.32 Å². The van der Waals surface area contributed by atoms with Crippen molar-refractivity contribution in [3.05, 3.63) is 57.5 Å². The van der Waals surface area contributed by atoms with Crippen LogP contribution in [0.15, 0.2) is 35.5 Å². The third-order valence-corrected chi connectivity index (χ3v) is 5.39. The standard InChI is InChI=1S/C18H11ClFN3O3S2/c19-11-1-10(5-21-6-11)7-23-13-3-9(4-14-17(25)22-18(27)28-14)2-12(20)16(13)26-8-15(23)24/h1-6H,7-8H2,(H,22,25,27). The van der Waals surface area contributed by atoms with Crippen molar-refractivity contribution in [2.24, 2.45) is 0 Å². The van der Waals surface area contributed by atoms with Crippen molar-refractivity contribution < 1.29 is 18.7 Å². The molecule has 0 radical (unpaired) electrons. The number of thioether (sulfide) groups is 1. The molecule has 1 aromatic heterocycles. The summed E-state index contributed by atoms with van der Waals surface area (Å²) >= 11 is 12.0. The quantitative estimate of drug-likeness (QED) is 0.589. The van der Waals surface area contributed by atoms with E-state index in [9.17, 15) is 14.0 Å². The van der Waals surface area contributed by atoms with Crippen molar-refractivity contribution in [2.45, 2.75) is 6.54 Å². The summed E-state index contributed by atoms with van der Waals surface area (Å²) in [6, 6.07) is 4.52. The lowest BCUT2D eigenvalue weighted by atomic mass is 10.1. The van der Waals surface area contributed by atoms with Crippen LogP contribution in [0.5, 0.6) is 5.75 Å². The van der Waals surface area contributed by atoms with Gasteiger partial charge in [-0.25, -0.2) is 4.39 Å². The van der Waals surface area contributed by atoms with Crippen LogP contribution in [0.25, 0.3) is 6.08 Å². The first-order valence-corrected chi connectivity index (χ1v) is 9.62. The second-order valence-electron chi connectivity index (χ2n) is 5.98. The highest BCUT2D eigenvalue weighted by atomic mass is 35.5. The van der Waals surface area contributed by atoms with Crippen LogP contribution in [0.4, 0.5) is 10.1 Å². The third kappa shape index (κ3) is 3.73. The lowest BCUT2D eigenvalue weighted by Crippen LogP contribution is -2.38. The van der Waals surface area contributed by atoms with Gasteiger partial charge in [-0.05, 0) is 35.4 Å². The normalized spacial score (nSPS) is 17.6. The predicted molar refractivity (Wildman–Crippen MR) is 109 cm³/mol. The summed E-state index contributed by atoms with van der Waals surface area (Å²) in [7, 11) is 0. The Hall–Kier alpha value is -2.49. The number of nitrogens with one attached hydrogen (secondary N) is 1. The molecule has 0 atom stereocenters. The first kappa shape index (κ1) is 18.9. The first-order chi connectivity index (χ1) is 13.4. The van der Waals surface area contributed by atoms with Gasteiger partial charge in [-0.3, -0.25) is 14.6 Å². The largest absolute Gasteiger partial charge is 0.478 e. The predicted octanol–water partition coefficient (Wildman–Crippen LogP) is 3.29. The topological polar surface area (TPSA) is 71.5 Å². The molecular formula is C18H11ClFN3O3S2. The van der Waals surface area contributed by atoms with Crippen LogP contribution >= 0.6 is 35.6 Å². The van der Waals surface area contributed by atoms with Crippen LogP contribution in [0.1, 0.15) is 11.1 Å². The molecule has 0 saturated carbocycles. The fourth-order valence-electron chi connectivity index (χ4n) is 2.84. The van der Waals surface area contributed by atoms with Crippen molar-refractivity contribution in [2.75, 3.05) is 11.5 Å². The van der Waals surface area contributed by atoms with E-state index in [1.807, 2.05) is 0 Å². The number of halogens is 2. The Labute approximate surface area is 173 Å². The Morgan fingerprint density at radius 2 is 2.18 bits per heavy atom. The van der Waals surface area contributed by atoms with Crippen molar-refractivity contribution in [3.63, 3.8) is 0 Å². The molecule has 4 rings (SSSR count). The minimum Gasteiger partial charge on any atom is -0.478 e. The van der Waals surface area contributed by atoms with Crippen LogP contribution < -0.4 is 15.0 Å². The van der Waals surface area contributed by atoms with Crippen molar-refractivity contribution in [3.8, 4) is 5.75 Å². The monoisotopic (exact) mass is 435 g/mol. The lowest BCUT2D eigenvalue weighted by molar-refractivity contribution is -0.121. The van der Waals surface area contributed by atoms with Gasteiger partial charge in [0.05, 0.1) is 22.2 Å². The second-order valence-corrected chi connectivity index (χ2v) is 8.14. The number of amides is 2. The molecule has 142 valence electrons. The van der Waals surface area contributed by atoms with E-state index in [2.05, 4.69) is 10.3 Å². The fourth-order valence-corrected chi connectivity index (χ4v) is 4.08. The van der Waals surface area contributed by atoms with Crippen LogP contribution in [-0.2, 0) is 16.1 Å². The SMILES string of the molecule is O=C1NC(=S)SC1=Cc1cc(F)c2c(c1)N(Cc1cncc(Cl)c1)C(=O)CO2. The zero-order valence-corrected chi connectivity index (χ0v) is 16.5. The molecule has 1 saturated heterocycles. The summed E-state index contributed by atoms with van der Waals surface area (Å²) in [6.07, 6.45) is 4.58. The molecule has 0 unspecified atom stereocenters. The van der Waals surface area contributed by atoms with Gasteiger partial charge >= 0.3 is 0 Å². The number of nitrogens with zero attached hydrogens (tertiary/aromatic N) is 2. The van der Waals surface area contributed by atoms with Crippen molar-refractivity contribution in [1.82, 2.24) is 10.3 Å². The van der Waals surface area contributed by atoms with Crippen molar-refractivity contribution in [1.29, 1.82) is 0 Å². The van der Waals surface area contributed by atoms with E-state index < -0.39 is 5.82 Å². The van der Waals surface area contributed by atoms with E-state index in [1.54, 1.807) is 18.3 Å². The van der Waals surface area contributed by atoms with E-state index in [-0.39, 0.29) is 36.4 Å². The number of hydrogen-bond donors (Lipinski definition) is 1. The molecule has 1 N–H and O–H groups in total. The van der Waals surface area contributed by atoms with Crippen LogP contribution in [0.2, 0.25) is 5.02 Å². The summed E-state index contributed by atoms with van der Waals surface area (Å²) in [5, 5.41) is 2.94. The number of thiocarbonyl (C=S) groups is 1. The van der Waals surface area contributed by atoms with E-state index in [4.69, 9.17) is 28.6 Å². The number of fused-ring (bicyclic) bond motifs is 1. The first-order valence-electron chi connectivity index (χ1n) is 8.02.